The quantitative estimate of drug-likeness (QED) is 0.643. The summed E-state index contributed by atoms with van der Waals surface area (Å²) >= 11 is 0. The van der Waals surface area contributed by atoms with Gasteiger partial charge in [0.1, 0.15) is 0 Å². The molecule has 5 rings (SSSR count). The third-order valence-corrected chi connectivity index (χ3v) is 5.53. The molecule has 0 radical (unpaired) electrons. The lowest BCUT2D eigenvalue weighted by Crippen LogP contribution is -2.37. The highest BCUT2D eigenvalue weighted by Gasteiger charge is 2.59. The molecule has 2 fully saturated rings. The van der Waals surface area contributed by atoms with Gasteiger partial charge in [-0.1, -0.05) is 78.9 Å². The van der Waals surface area contributed by atoms with Crippen molar-refractivity contribution in [2.24, 2.45) is 5.92 Å². The standard InChI is InChI=1S/C24H20N2O3/c27-23-20-21(18-12-6-2-7-13-18)25(16-17-10-4-1-5-11-17)29-22(20)24(28)26(23)19-14-8-3-9-15-19/h1-15,20-22H,16H2/t20-,21-,22+/m0/s1. The van der Waals surface area contributed by atoms with E-state index in [0.717, 1.165) is 11.1 Å². The van der Waals surface area contributed by atoms with Crippen LogP contribution in [-0.4, -0.2) is 23.0 Å². The minimum Gasteiger partial charge on any atom is -0.284 e. The molecule has 0 bridgehead atoms. The number of carbonyl (C=O) groups excluding carboxylic acids is 2. The predicted octanol–water partition coefficient (Wildman–Crippen LogP) is 3.73. The lowest BCUT2D eigenvalue weighted by Gasteiger charge is -2.27. The second-order valence-corrected chi connectivity index (χ2v) is 7.32. The number of hydrogen-bond acceptors (Lipinski definition) is 4. The zero-order valence-corrected chi connectivity index (χ0v) is 15.7. The van der Waals surface area contributed by atoms with Crippen LogP contribution in [0, 0.1) is 5.92 Å². The van der Waals surface area contributed by atoms with Crippen LogP contribution in [0.3, 0.4) is 0 Å². The first-order valence-corrected chi connectivity index (χ1v) is 9.69. The third-order valence-electron chi connectivity index (χ3n) is 5.53. The van der Waals surface area contributed by atoms with E-state index in [4.69, 9.17) is 4.84 Å². The van der Waals surface area contributed by atoms with Gasteiger partial charge in [0.05, 0.1) is 17.6 Å². The molecule has 3 aromatic carbocycles. The van der Waals surface area contributed by atoms with E-state index in [0.29, 0.717) is 12.2 Å². The van der Waals surface area contributed by atoms with Crippen molar-refractivity contribution >= 4 is 17.5 Å². The first-order chi connectivity index (χ1) is 14.2. The number of hydroxylamine groups is 2. The Labute approximate surface area is 169 Å². The van der Waals surface area contributed by atoms with Crippen molar-refractivity contribution in [3.63, 3.8) is 0 Å². The number of fused-ring (bicyclic) bond motifs is 1. The molecule has 2 aliphatic rings. The molecule has 0 N–H and O–H groups in total. The summed E-state index contributed by atoms with van der Waals surface area (Å²) in [6.45, 7) is 0.499. The minimum atomic E-state index is -0.809. The van der Waals surface area contributed by atoms with Gasteiger partial charge in [0.25, 0.3) is 5.91 Å². The number of imide groups is 1. The molecular formula is C24H20N2O3. The van der Waals surface area contributed by atoms with Gasteiger partial charge in [0, 0.05) is 6.54 Å². The first kappa shape index (κ1) is 17.8. The lowest BCUT2D eigenvalue weighted by atomic mass is 9.90. The summed E-state index contributed by atoms with van der Waals surface area (Å²) in [5.41, 5.74) is 2.61. The number of amides is 2. The van der Waals surface area contributed by atoms with E-state index < -0.39 is 12.0 Å². The summed E-state index contributed by atoms with van der Waals surface area (Å²) in [6.07, 6.45) is -0.809. The SMILES string of the molecule is O=C1[C@@H]2[C@@H](ON(Cc3ccccc3)[C@H]2c2ccccc2)C(=O)N1c1ccccc1. The zero-order valence-electron chi connectivity index (χ0n) is 15.7. The van der Waals surface area contributed by atoms with Gasteiger partial charge in [0.15, 0.2) is 6.10 Å². The molecule has 0 aromatic heterocycles. The molecule has 2 heterocycles. The van der Waals surface area contributed by atoms with Crippen LogP contribution >= 0.6 is 0 Å². The van der Waals surface area contributed by atoms with Crippen molar-refractivity contribution in [1.82, 2.24) is 5.06 Å². The van der Waals surface area contributed by atoms with Crippen molar-refractivity contribution in [2.45, 2.75) is 18.7 Å². The van der Waals surface area contributed by atoms with Crippen LogP contribution in [0.2, 0.25) is 0 Å². The molecule has 0 spiro atoms. The van der Waals surface area contributed by atoms with E-state index in [9.17, 15) is 9.59 Å². The van der Waals surface area contributed by atoms with Crippen molar-refractivity contribution in [2.75, 3.05) is 4.90 Å². The molecule has 0 unspecified atom stereocenters. The molecule has 2 aliphatic heterocycles. The molecular weight excluding hydrogens is 364 g/mol. The Morgan fingerprint density at radius 2 is 1.31 bits per heavy atom. The van der Waals surface area contributed by atoms with Crippen LogP contribution in [0.15, 0.2) is 91.0 Å². The van der Waals surface area contributed by atoms with Crippen LogP contribution in [-0.2, 0) is 21.0 Å². The Morgan fingerprint density at radius 1 is 0.724 bits per heavy atom. The molecule has 2 saturated heterocycles. The summed E-state index contributed by atoms with van der Waals surface area (Å²) in [7, 11) is 0. The van der Waals surface area contributed by atoms with Crippen molar-refractivity contribution < 1.29 is 14.4 Å². The van der Waals surface area contributed by atoms with Gasteiger partial charge >= 0.3 is 0 Å². The zero-order chi connectivity index (χ0) is 19.8. The molecule has 0 saturated carbocycles. The Morgan fingerprint density at radius 3 is 1.97 bits per heavy atom. The van der Waals surface area contributed by atoms with E-state index in [-0.39, 0.29) is 17.9 Å². The summed E-state index contributed by atoms with van der Waals surface area (Å²) in [4.78, 5) is 33.9. The lowest BCUT2D eigenvalue weighted by molar-refractivity contribution is -0.177. The maximum atomic E-state index is 13.4. The number of para-hydroxylation sites is 1. The Kier molecular flexibility index (Phi) is 4.46. The second-order valence-electron chi connectivity index (χ2n) is 7.32. The highest BCUT2D eigenvalue weighted by Crippen LogP contribution is 2.46. The van der Waals surface area contributed by atoms with Crippen molar-refractivity contribution in [3.8, 4) is 0 Å². The van der Waals surface area contributed by atoms with Crippen LogP contribution in [0.4, 0.5) is 5.69 Å². The monoisotopic (exact) mass is 384 g/mol. The Balaban J connectivity index is 1.52. The van der Waals surface area contributed by atoms with Gasteiger partial charge in [-0.05, 0) is 23.3 Å². The highest BCUT2D eigenvalue weighted by molar-refractivity contribution is 6.23. The van der Waals surface area contributed by atoms with Crippen LogP contribution < -0.4 is 4.90 Å². The summed E-state index contributed by atoms with van der Waals surface area (Å²) < 4.78 is 0. The molecule has 0 aliphatic carbocycles. The van der Waals surface area contributed by atoms with E-state index in [2.05, 4.69) is 0 Å². The fourth-order valence-corrected chi connectivity index (χ4v) is 4.22. The number of nitrogens with zero attached hydrogens (tertiary/aromatic N) is 2. The number of anilines is 1. The normalized spacial score (nSPS) is 24.1. The number of hydrogen-bond donors (Lipinski definition) is 0. The molecule has 3 atom stereocenters. The van der Waals surface area contributed by atoms with Gasteiger partial charge in [-0.25, -0.2) is 4.90 Å². The third kappa shape index (κ3) is 3.05. The molecule has 144 valence electrons. The van der Waals surface area contributed by atoms with Crippen molar-refractivity contribution in [1.29, 1.82) is 0 Å². The average molecular weight is 384 g/mol. The smallest absolute Gasteiger partial charge is 0.265 e. The van der Waals surface area contributed by atoms with Crippen LogP contribution in [0.5, 0.6) is 0 Å². The molecule has 29 heavy (non-hydrogen) atoms. The van der Waals surface area contributed by atoms with E-state index >= 15 is 0 Å². The van der Waals surface area contributed by atoms with Gasteiger partial charge < -0.3 is 0 Å². The summed E-state index contributed by atoms with van der Waals surface area (Å²) in [5, 5.41) is 1.79. The van der Waals surface area contributed by atoms with E-state index in [1.165, 1.54) is 4.90 Å². The first-order valence-electron chi connectivity index (χ1n) is 9.69. The fraction of sp³-hybridized carbons (Fsp3) is 0.167. The topological polar surface area (TPSA) is 49.9 Å². The molecule has 5 heteroatoms. The maximum Gasteiger partial charge on any atom is 0.265 e. The van der Waals surface area contributed by atoms with E-state index in [1.54, 1.807) is 17.2 Å². The predicted molar refractivity (Wildman–Crippen MR) is 108 cm³/mol. The minimum absolute atomic E-state index is 0.212. The number of benzene rings is 3. The Bertz CT molecular complexity index is 1020. The second kappa shape index (κ2) is 7.28. The number of rotatable bonds is 4. The molecule has 2 amide bonds. The largest absolute Gasteiger partial charge is 0.284 e. The van der Waals surface area contributed by atoms with Crippen LogP contribution in [0.1, 0.15) is 17.2 Å². The fourth-order valence-electron chi connectivity index (χ4n) is 4.22. The van der Waals surface area contributed by atoms with Crippen molar-refractivity contribution in [3.05, 3.63) is 102 Å². The van der Waals surface area contributed by atoms with Gasteiger partial charge in [-0.3, -0.25) is 14.4 Å². The van der Waals surface area contributed by atoms with Gasteiger partial charge in [-0.2, -0.15) is 5.06 Å². The molecule has 3 aromatic rings. The maximum absolute atomic E-state index is 13.4. The highest BCUT2D eigenvalue weighted by atomic mass is 16.7. The Hall–Kier alpha value is -3.28. The number of carbonyl (C=O) groups is 2. The summed E-state index contributed by atoms with van der Waals surface area (Å²) in [6, 6.07) is 28.4. The summed E-state index contributed by atoms with van der Waals surface area (Å²) in [5.74, 6) is -1.09. The average Bonchev–Trinajstić information content (AvgIpc) is 3.25. The molecule has 5 nitrogen and oxygen atoms in total. The van der Waals surface area contributed by atoms with Gasteiger partial charge in [-0.15, -0.1) is 0 Å². The van der Waals surface area contributed by atoms with E-state index in [1.807, 2.05) is 78.9 Å². The van der Waals surface area contributed by atoms with Crippen LogP contribution in [0.25, 0.3) is 0 Å². The van der Waals surface area contributed by atoms with Gasteiger partial charge in [0.2, 0.25) is 5.91 Å².